The van der Waals surface area contributed by atoms with Gasteiger partial charge in [0.05, 0.1) is 12.2 Å². The van der Waals surface area contributed by atoms with E-state index < -0.39 is 0 Å². The van der Waals surface area contributed by atoms with Crippen LogP contribution in [0.2, 0.25) is 0 Å². The maximum Gasteiger partial charge on any atom is 0.156 e. The first-order chi connectivity index (χ1) is 10.1. The van der Waals surface area contributed by atoms with Crippen molar-refractivity contribution in [3.63, 3.8) is 0 Å². The molecule has 6 heteroatoms. The van der Waals surface area contributed by atoms with Crippen molar-refractivity contribution in [3.8, 4) is 0 Å². The van der Waals surface area contributed by atoms with Crippen molar-refractivity contribution in [2.24, 2.45) is 12.8 Å². The third kappa shape index (κ3) is 3.05. The SMILES string of the molecule is CCc1nnc(N(C)Cc2nccn2C)c(CN)c1CC. The number of anilines is 1. The second kappa shape index (κ2) is 6.67. The minimum Gasteiger partial charge on any atom is -0.350 e. The number of aryl methyl sites for hydroxylation is 2. The number of rotatable bonds is 6. The fourth-order valence-corrected chi connectivity index (χ4v) is 2.60. The summed E-state index contributed by atoms with van der Waals surface area (Å²) in [6.07, 6.45) is 5.55. The van der Waals surface area contributed by atoms with E-state index in [1.165, 1.54) is 5.56 Å². The molecule has 0 aliphatic carbocycles. The van der Waals surface area contributed by atoms with Crippen LogP contribution < -0.4 is 10.6 Å². The molecule has 6 nitrogen and oxygen atoms in total. The van der Waals surface area contributed by atoms with Crippen LogP contribution in [-0.4, -0.2) is 26.8 Å². The molecule has 0 saturated heterocycles. The van der Waals surface area contributed by atoms with Gasteiger partial charge in [0.25, 0.3) is 0 Å². The van der Waals surface area contributed by atoms with Gasteiger partial charge in [0, 0.05) is 38.6 Å². The van der Waals surface area contributed by atoms with Crippen molar-refractivity contribution >= 4 is 5.82 Å². The van der Waals surface area contributed by atoms with Gasteiger partial charge in [-0.25, -0.2) is 4.98 Å². The van der Waals surface area contributed by atoms with E-state index in [1.807, 2.05) is 24.9 Å². The van der Waals surface area contributed by atoms with E-state index in [9.17, 15) is 0 Å². The third-order valence-electron chi connectivity index (χ3n) is 3.80. The van der Waals surface area contributed by atoms with Crippen molar-refractivity contribution < 1.29 is 0 Å². The Labute approximate surface area is 126 Å². The molecule has 2 aromatic rings. The molecule has 0 fully saturated rings. The molecule has 2 heterocycles. The second-order valence-electron chi connectivity index (χ2n) is 5.15. The highest BCUT2D eigenvalue weighted by Crippen LogP contribution is 2.23. The Morgan fingerprint density at radius 3 is 2.48 bits per heavy atom. The van der Waals surface area contributed by atoms with Gasteiger partial charge >= 0.3 is 0 Å². The van der Waals surface area contributed by atoms with E-state index in [0.29, 0.717) is 13.1 Å². The van der Waals surface area contributed by atoms with Gasteiger partial charge in [0.2, 0.25) is 0 Å². The van der Waals surface area contributed by atoms with E-state index in [1.54, 1.807) is 6.20 Å². The lowest BCUT2D eigenvalue weighted by Gasteiger charge is -2.22. The highest BCUT2D eigenvalue weighted by Gasteiger charge is 2.17. The zero-order chi connectivity index (χ0) is 15.4. The van der Waals surface area contributed by atoms with Crippen LogP contribution >= 0.6 is 0 Å². The van der Waals surface area contributed by atoms with Crippen LogP contribution in [0.15, 0.2) is 12.4 Å². The summed E-state index contributed by atoms with van der Waals surface area (Å²) in [5.41, 5.74) is 9.36. The van der Waals surface area contributed by atoms with Crippen molar-refractivity contribution in [2.75, 3.05) is 11.9 Å². The van der Waals surface area contributed by atoms with Crippen LogP contribution in [0.5, 0.6) is 0 Å². The summed E-state index contributed by atoms with van der Waals surface area (Å²) in [5, 5.41) is 8.77. The molecule has 0 aromatic carbocycles. The van der Waals surface area contributed by atoms with E-state index in [2.05, 4.69) is 33.9 Å². The van der Waals surface area contributed by atoms with Crippen LogP contribution in [0.1, 0.15) is 36.5 Å². The molecule has 0 spiro atoms. The fraction of sp³-hybridized carbons (Fsp3) is 0.533. The fourth-order valence-electron chi connectivity index (χ4n) is 2.60. The van der Waals surface area contributed by atoms with Crippen LogP contribution in [0.3, 0.4) is 0 Å². The zero-order valence-electron chi connectivity index (χ0n) is 13.3. The molecule has 0 unspecified atom stereocenters. The molecule has 0 saturated carbocycles. The zero-order valence-corrected chi connectivity index (χ0v) is 13.3. The van der Waals surface area contributed by atoms with Crippen molar-refractivity contribution in [1.82, 2.24) is 19.7 Å². The first-order valence-electron chi connectivity index (χ1n) is 7.37. The highest BCUT2D eigenvalue weighted by atomic mass is 15.3. The predicted molar refractivity (Wildman–Crippen MR) is 84.0 cm³/mol. The number of nitrogens with zero attached hydrogens (tertiary/aromatic N) is 5. The Hall–Kier alpha value is -1.95. The topological polar surface area (TPSA) is 72.9 Å². The number of hydrogen-bond acceptors (Lipinski definition) is 5. The van der Waals surface area contributed by atoms with Crippen LogP contribution in [-0.2, 0) is 33.0 Å². The molecule has 0 atom stereocenters. The number of hydrogen-bond donors (Lipinski definition) is 1. The van der Waals surface area contributed by atoms with Gasteiger partial charge in [-0.1, -0.05) is 13.8 Å². The Kier molecular flexibility index (Phi) is 4.90. The molecule has 0 aliphatic heterocycles. The van der Waals surface area contributed by atoms with Crippen molar-refractivity contribution in [2.45, 2.75) is 39.8 Å². The maximum atomic E-state index is 5.98. The standard InChI is InChI=1S/C15H24N6/c1-5-11-12(9-16)15(19-18-13(11)6-2)21(4)10-14-17-7-8-20(14)3/h7-8H,5-6,9-10,16H2,1-4H3. The van der Waals surface area contributed by atoms with Gasteiger partial charge < -0.3 is 15.2 Å². The van der Waals surface area contributed by atoms with Crippen molar-refractivity contribution in [1.29, 1.82) is 0 Å². The largest absolute Gasteiger partial charge is 0.350 e. The summed E-state index contributed by atoms with van der Waals surface area (Å²) in [7, 11) is 3.99. The normalized spacial score (nSPS) is 10.9. The Morgan fingerprint density at radius 2 is 1.95 bits per heavy atom. The molecule has 2 N–H and O–H groups in total. The monoisotopic (exact) mass is 288 g/mol. The van der Waals surface area contributed by atoms with E-state index >= 15 is 0 Å². The average molecular weight is 288 g/mol. The van der Waals surface area contributed by atoms with Gasteiger partial charge in [-0.2, -0.15) is 5.10 Å². The number of nitrogens with two attached hydrogens (primary N) is 1. The summed E-state index contributed by atoms with van der Waals surface area (Å²) in [4.78, 5) is 6.42. The molecular formula is C15H24N6. The molecule has 0 amide bonds. The summed E-state index contributed by atoms with van der Waals surface area (Å²) in [6.45, 7) is 5.39. The second-order valence-corrected chi connectivity index (χ2v) is 5.15. The first-order valence-corrected chi connectivity index (χ1v) is 7.37. The number of aromatic nitrogens is 4. The summed E-state index contributed by atoms with van der Waals surface area (Å²) >= 11 is 0. The molecule has 114 valence electrons. The van der Waals surface area contributed by atoms with Crippen LogP contribution in [0.4, 0.5) is 5.82 Å². The molecule has 0 aliphatic rings. The van der Waals surface area contributed by atoms with Gasteiger partial charge in [-0.15, -0.1) is 5.10 Å². The third-order valence-corrected chi connectivity index (χ3v) is 3.80. The molecule has 2 rings (SSSR count). The van der Waals surface area contributed by atoms with Crippen molar-refractivity contribution in [3.05, 3.63) is 35.0 Å². The minimum atomic E-state index is 0.478. The molecule has 21 heavy (non-hydrogen) atoms. The summed E-state index contributed by atoms with van der Waals surface area (Å²) < 4.78 is 2.01. The first kappa shape index (κ1) is 15.4. The lowest BCUT2D eigenvalue weighted by Crippen LogP contribution is -2.24. The van der Waals surface area contributed by atoms with E-state index in [-0.39, 0.29) is 0 Å². The summed E-state index contributed by atoms with van der Waals surface area (Å²) in [5.74, 6) is 1.84. The van der Waals surface area contributed by atoms with Gasteiger partial charge in [-0.3, -0.25) is 0 Å². The molecular weight excluding hydrogens is 264 g/mol. The molecule has 0 bridgehead atoms. The quantitative estimate of drug-likeness (QED) is 0.870. The Balaban J connectivity index is 2.36. The van der Waals surface area contributed by atoms with E-state index in [4.69, 9.17) is 5.73 Å². The van der Waals surface area contributed by atoms with Gasteiger partial charge in [0.1, 0.15) is 5.82 Å². The molecule has 2 aromatic heterocycles. The van der Waals surface area contributed by atoms with Crippen LogP contribution in [0.25, 0.3) is 0 Å². The summed E-state index contributed by atoms with van der Waals surface area (Å²) in [6, 6.07) is 0. The lowest BCUT2D eigenvalue weighted by molar-refractivity contribution is 0.735. The van der Waals surface area contributed by atoms with Gasteiger partial charge in [0.15, 0.2) is 5.82 Å². The van der Waals surface area contributed by atoms with Gasteiger partial charge in [-0.05, 0) is 18.4 Å². The predicted octanol–water partition coefficient (Wildman–Crippen LogP) is 1.43. The smallest absolute Gasteiger partial charge is 0.156 e. The average Bonchev–Trinajstić information content (AvgIpc) is 2.90. The van der Waals surface area contributed by atoms with Crippen LogP contribution in [0, 0.1) is 0 Å². The molecule has 0 radical (unpaired) electrons. The maximum absolute atomic E-state index is 5.98. The lowest BCUT2D eigenvalue weighted by atomic mass is 10.0. The Morgan fingerprint density at radius 1 is 1.19 bits per heavy atom. The number of imidazole rings is 1. The van der Waals surface area contributed by atoms with E-state index in [0.717, 1.165) is 35.7 Å². The Bertz CT molecular complexity index is 604. The minimum absolute atomic E-state index is 0.478. The highest BCUT2D eigenvalue weighted by molar-refractivity contribution is 5.50.